The minimum absolute atomic E-state index is 0.0732. The normalized spacial score (nSPS) is 12.6. The molecule has 0 amide bonds. The lowest BCUT2D eigenvalue weighted by Gasteiger charge is -2.12. The summed E-state index contributed by atoms with van der Waals surface area (Å²) in [5.74, 6) is 1.80. The molecule has 0 radical (unpaired) electrons. The first-order chi connectivity index (χ1) is 8.79. The van der Waals surface area contributed by atoms with Gasteiger partial charge in [0.15, 0.2) is 0 Å². The van der Waals surface area contributed by atoms with Crippen LogP contribution in [0.5, 0.6) is 0 Å². The summed E-state index contributed by atoms with van der Waals surface area (Å²) in [5.41, 5.74) is 1.18. The van der Waals surface area contributed by atoms with Crippen molar-refractivity contribution in [3.8, 4) is 0 Å². The predicted molar refractivity (Wildman–Crippen MR) is 71.1 cm³/mol. The largest absolute Gasteiger partial charge is 0.462 e. The van der Waals surface area contributed by atoms with Crippen LogP contribution in [0.2, 0.25) is 0 Å². The first-order valence-corrected chi connectivity index (χ1v) is 6.18. The Bertz CT molecular complexity index is 464. The van der Waals surface area contributed by atoms with Crippen LogP contribution < -0.4 is 5.32 Å². The maximum absolute atomic E-state index is 5.79. The first kappa shape index (κ1) is 12.9. The second kappa shape index (κ2) is 6.38. The van der Waals surface area contributed by atoms with Gasteiger partial charge in [0.2, 0.25) is 0 Å². The zero-order valence-corrected chi connectivity index (χ0v) is 10.8. The third kappa shape index (κ3) is 3.45. The van der Waals surface area contributed by atoms with E-state index >= 15 is 0 Å². The van der Waals surface area contributed by atoms with E-state index in [1.165, 1.54) is 5.56 Å². The summed E-state index contributed by atoms with van der Waals surface area (Å²) in [6.07, 6.45) is 0.0732. The van der Waals surface area contributed by atoms with Crippen molar-refractivity contribution < 1.29 is 9.15 Å². The lowest BCUT2D eigenvalue weighted by Crippen LogP contribution is -2.03. The van der Waals surface area contributed by atoms with Crippen LogP contribution in [0.15, 0.2) is 46.9 Å². The maximum atomic E-state index is 5.79. The molecule has 0 saturated heterocycles. The Morgan fingerprint density at radius 1 is 1.11 bits per heavy atom. The third-order valence-corrected chi connectivity index (χ3v) is 2.81. The van der Waals surface area contributed by atoms with Crippen LogP contribution in [0.3, 0.4) is 0 Å². The molecular weight excluding hydrogens is 226 g/mol. The SMILES string of the molecule is CNCc1ccc(COC(C)c2ccccc2)o1. The van der Waals surface area contributed by atoms with Crippen molar-refractivity contribution in [2.75, 3.05) is 7.05 Å². The van der Waals surface area contributed by atoms with Crippen LogP contribution in [-0.2, 0) is 17.9 Å². The van der Waals surface area contributed by atoms with E-state index in [1.807, 2.05) is 44.3 Å². The summed E-state index contributed by atoms with van der Waals surface area (Å²) in [7, 11) is 1.90. The molecule has 1 aromatic heterocycles. The molecule has 0 saturated carbocycles. The average molecular weight is 245 g/mol. The van der Waals surface area contributed by atoms with Gasteiger partial charge in [-0.05, 0) is 31.7 Å². The zero-order valence-electron chi connectivity index (χ0n) is 10.8. The smallest absolute Gasteiger partial charge is 0.129 e. The Kier molecular flexibility index (Phi) is 4.56. The van der Waals surface area contributed by atoms with Crippen LogP contribution in [0.4, 0.5) is 0 Å². The molecule has 2 rings (SSSR count). The van der Waals surface area contributed by atoms with Crippen LogP contribution in [-0.4, -0.2) is 7.05 Å². The van der Waals surface area contributed by atoms with Crippen molar-refractivity contribution in [3.05, 3.63) is 59.5 Å². The van der Waals surface area contributed by atoms with Crippen molar-refractivity contribution in [2.24, 2.45) is 0 Å². The van der Waals surface area contributed by atoms with Gasteiger partial charge < -0.3 is 14.5 Å². The Morgan fingerprint density at radius 3 is 2.56 bits per heavy atom. The Labute approximate surface area is 108 Å². The fourth-order valence-electron chi connectivity index (χ4n) is 1.80. The molecule has 1 aromatic carbocycles. The molecule has 18 heavy (non-hydrogen) atoms. The summed E-state index contributed by atoms with van der Waals surface area (Å²) in [6.45, 7) is 3.29. The molecule has 1 heterocycles. The monoisotopic (exact) mass is 245 g/mol. The minimum Gasteiger partial charge on any atom is -0.462 e. The Hall–Kier alpha value is -1.58. The number of nitrogens with one attached hydrogen (secondary N) is 1. The van der Waals surface area contributed by atoms with E-state index in [0.717, 1.165) is 18.1 Å². The van der Waals surface area contributed by atoms with E-state index in [2.05, 4.69) is 17.4 Å². The highest BCUT2D eigenvalue weighted by molar-refractivity contribution is 5.17. The molecule has 1 atom stereocenters. The molecule has 3 heteroatoms. The first-order valence-electron chi connectivity index (χ1n) is 6.18. The second-order valence-corrected chi connectivity index (χ2v) is 4.26. The highest BCUT2D eigenvalue weighted by atomic mass is 16.5. The molecule has 0 aliphatic rings. The zero-order chi connectivity index (χ0) is 12.8. The van der Waals surface area contributed by atoms with E-state index in [4.69, 9.17) is 9.15 Å². The van der Waals surface area contributed by atoms with Crippen molar-refractivity contribution in [2.45, 2.75) is 26.2 Å². The fraction of sp³-hybridized carbons (Fsp3) is 0.333. The Balaban J connectivity index is 1.87. The fourth-order valence-corrected chi connectivity index (χ4v) is 1.80. The average Bonchev–Trinajstić information content (AvgIpc) is 2.85. The molecule has 0 spiro atoms. The lowest BCUT2D eigenvalue weighted by atomic mass is 10.1. The summed E-state index contributed by atoms with van der Waals surface area (Å²) in [5, 5.41) is 3.05. The number of ether oxygens (including phenoxy) is 1. The quantitative estimate of drug-likeness (QED) is 0.848. The Morgan fingerprint density at radius 2 is 1.83 bits per heavy atom. The molecule has 1 unspecified atom stereocenters. The van der Waals surface area contributed by atoms with Crippen molar-refractivity contribution >= 4 is 0 Å². The lowest BCUT2D eigenvalue weighted by molar-refractivity contribution is 0.0414. The molecule has 96 valence electrons. The van der Waals surface area contributed by atoms with Crippen LogP contribution in [0.1, 0.15) is 30.1 Å². The van der Waals surface area contributed by atoms with E-state index in [0.29, 0.717) is 6.61 Å². The van der Waals surface area contributed by atoms with Gasteiger partial charge in [-0.15, -0.1) is 0 Å². The molecule has 0 fully saturated rings. The summed E-state index contributed by atoms with van der Waals surface area (Å²) in [4.78, 5) is 0. The van der Waals surface area contributed by atoms with Gasteiger partial charge >= 0.3 is 0 Å². The van der Waals surface area contributed by atoms with Gasteiger partial charge in [0.1, 0.15) is 18.1 Å². The maximum Gasteiger partial charge on any atom is 0.129 e. The van der Waals surface area contributed by atoms with Crippen molar-refractivity contribution in [1.82, 2.24) is 5.32 Å². The molecule has 0 bridgehead atoms. The van der Waals surface area contributed by atoms with Crippen LogP contribution in [0, 0.1) is 0 Å². The number of rotatable bonds is 6. The molecule has 0 aliphatic heterocycles. The van der Waals surface area contributed by atoms with Gasteiger partial charge in [0.25, 0.3) is 0 Å². The van der Waals surface area contributed by atoms with E-state index in [-0.39, 0.29) is 6.10 Å². The van der Waals surface area contributed by atoms with E-state index < -0.39 is 0 Å². The number of benzene rings is 1. The van der Waals surface area contributed by atoms with Crippen molar-refractivity contribution in [1.29, 1.82) is 0 Å². The molecule has 0 aliphatic carbocycles. The van der Waals surface area contributed by atoms with Crippen LogP contribution >= 0.6 is 0 Å². The van der Waals surface area contributed by atoms with Gasteiger partial charge in [-0.1, -0.05) is 30.3 Å². The van der Waals surface area contributed by atoms with Gasteiger partial charge in [-0.3, -0.25) is 0 Å². The highest BCUT2D eigenvalue weighted by Gasteiger charge is 2.07. The van der Waals surface area contributed by atoms with E-state index in [1.54, 1.807) is 0 Å². The minimum atomic E-state index is 0.0732. The molecule has 1 N–H and O–H groups in total. The van der Waals surface area contributed by atoms with Gasteiger partial charge in [0, 0.05) is 0 Å². The molecule has 3 nitrogen and oxygen atoms in total. The van der Waals surface area contributed by atoms with Crippen molar-refractivity contribution in [3.63, 3.8) is 0 Å². The summed E-state index contributed by atoms with van der Waals surface area (Å²) in [6, 6.07) is 14.1. The topological polar surface area (TPSA) is 34.4 Å². The van der Waals surface area contributed by atoms with E-state index in [9.17, 15) is 0 Å². The number of hydrogen-bond donors (Lipinski definition) is 1. The number of furan rings is 1. The third-order valence-electron chi connectivity index (χ3n) is 2.81. The molecular formula is C15H19NO2. The number of hydrogen-bond acceptors (Lipinski definition) is 3. The predicted octanol–water partition coefficient (Wildman–Crippen LogP) is 3.28. The second-order valence-electron chi connectivity index (χ2n) is 4.26. The van der Waals surface area contributed by atoms with Gasteiger partial charge in [0.05, 0.1) is 12.6 Å². The molecule has 2 aromatic rings. The standard InChI is InChI=1S/C15H19NO2/c1-12(13-6-4-3-5-7-13)17-11-15-9-8-14(18-15)10-16-2/h3-9,12,16H,10-11H2,1-2H3. The van der Waals surface area contributed by atoms with Gasteiger partial charge in [-0.2, -0.15) is 0 Å². The summed E-state index contributed by atoms with van der Waals surface area (Å²) < 4.78 is 11.4. The highest BCUT2D eigenvalue weighted by Crippen LogP contribution is 2.18. The van der Waals surface area contributed by atoms with Gasteiger partial charge in [-0.25, -0.2) is 0 Å². The van der Waals surface area contributed by atoms with Crippen LogP contribution in [0.25, 0.3) is 0 Å². The summed E-state index contributed by atoms with van der Waals surface area (Å²) >= 11 is 0.